The first kappa shape index (κ1) is 55.0. The van der Waals surface area contributed by atoms with Crippen LogP contribution in [0.2, 0.25) is 0 Å². The molecular weight excluding hydrogens is 727 g/mol. The Bertz CT molecular complexity index is 1130. The minimum Gasteiger partial charge on any atom is -0.544 e. The Hall–Kier alpha value is -2.97. The lowest BCUT2D eigenvalue weighted by atomic mass is 10.0. The third kappa shape index (κ3) is 38.5. The van der Waals surface area contributed by atoms with Crippen LogP contribution in [0.15, 0.2) is 60.8 Å². The Balaban J connectivity index is 4.39. The Morgan fingerprint density at radius 1 is 0.534 bits per heavy atom. The van der Waals surface area contributed by atoms with E-state index in [1.165, 1.54) is 89.9 Å². The van der Waals surface area contributed by atoms with Crippen LogP contribution in [0.5, 0.6) is 0 Å². The number of carbonyl (C=O) groups is 3. The molecule has 2 unspecified atom stereocenters. The summed E-state index contributed by atoms with van der Waals surface area (Å²) in [7, 11) is 5.39. The third-order valence-electron chi connectivity index (χ3n) is 10.2. The third-order valence-corrected chi connectivity index (χ3v) is 10.2. The van der Waals surface area contributed by atoms with Gasteiger partial charge in [0.15, 0.2) is 6.10 Å². The second-order valence-electron chi connectivity index (χ2n) is 16.6. The Kier molecular flexibility index (Phi) is 38.7. The van der Waals surface area contributed by atoms with Crippen LogP contribution in [0.25, 0.3) is 0 Å². The van der Waals surface area contributed by atoms with Crippen molar-refractivity contribution in [3.8, 4) is 0 Å². The molecule has 0 aliphatic heterocycles. The van der Waals surface area contributed by atoms with Crippen LogP contribution in [-0.2, 0) is 28.6 Å². The average Bonchev–Trinajstić information content (AvgIpc) is 3.18. The minimum atomic E-state index is -1.13. The topological polar surface area (TPSA) is 102 Å². The van der Waals surface area contributed by atoms with E-state index in [1.54, 1.807) is 21.1 Å². The molecule has 0 aliphatic rings. The first-order chi connectivity index (χ1) is 28.1. The average molecular weight is 814 g/mol. The molecule has 0 aromatic carbocycles. The predicted molar refractivity (Wildman–Crippen MR) is 240 cm³/mol. The molecular formula is C50H87NO7. The van der Waals surface area contributed by atoms with Crippen LogP contribution in [0, 0.1) is 0 Å². The number of ether oxygens (including phenoxy) is 3. The smallest absolute Gasteiger partial charge is 0.306 e. The Morgan fingerprint density at radius 3 is 1.41 bits per heavy atom. The second kappa shape index (κ2) is 40.8. The first-order valence-electron chi connectivity index (χ1n) is 23.3. The number of hydrogen-bond acceptors (Lipinski definition) is 7. The van der Waals surface area contributed by atoms with E-state index in [-0.39, 0.29) is 49.1 Å². The molecule has 58 heavy (non-hydrogen) atoms. The number of nitrogens with zero attached hydrogens (tertiary/aromatic N) is 1. The lowest BCUT2D eigenvalue weighted by molar-refractivity contribution is -0.889. The quantitative estimate of drug-likeness (QED) is 0.0262. The van der Waals surface area contributed by atoms with E-state index in [2.05, 4.69) is 74.6 Å². The summed E-state index contributed by atoms with van der Waals surface area (Å²) in [5.74, 6) is -1.81. The van der Waals surface area contributed by atoms with E-state index in [0.29, 0.717) is 12.8 Å². The van der Waals surface area contributed by atoms with E-state index in [9.17, 15) is 19.5 Å². The van der Waals surface area contributed by atoms with Crippen LogP contribution < -0.4 is 5.11 Å². The molecule has 0 rings (SSSR count). The van der Waals surface area contributed by atoms with Crippen molar-refractivity contribution in [2.24, 2.45) is 0 Å². The molecule has 0 N–H and O–H groups in total. The van der Waals surface area contributed by atoms with Gasteiger partial charge in [0.2, 0.25) is 0 Å². The number of unbranched alkanes of at least 4 members (excludes halogenated alkanes) is 17. The van der Waals surface area contributed by atoms with E-state index in [1.807, 2.05) is 0 Å². The summed E-state index contributed by atoms with van der Waals surface area (Å²) >= 11 is 0. The summed E-state index contributed by atoms with van der Waals surface area (Å²) in [4.78, 5) is 36.9. The van der Waals surface area contributed by atoms with Crippen LogP contribution in [0.1, 0.15) is 187 Å². The van der Waals surface area contributed by atoms with Crippen molar-refractivity contribution in [2.75, 3.05) is 41.0 Å². The highest BCUT2D eigenvalue weighted by atomic mass is 16.6. The number of rotatable bonds is 41. The number of quaternary nitrogens is 1. The maximum absolute atomic E-state index is 12.7. The molecule has 0 heterocycles. The predicted octanol–water partition coefficient (Wildman–Crippen LogP) is 11.6. The molecule has 334 valence electrons. The number of carboxylic acid groups (broad SMARTS) is 1. The van der Waals surface area contributed by atoms with Gasteiger partial charge in [-0.1, -0.05) is 177 Å². The molecule has 2 atom stereocenters. The molecule has 0 bridgehead atoms. The molecule has 0 spiro atoms. The molecule has 0 fully saturated rings. The molecule has 0 aromatic heterocycles. The van der Waals surface area contributed by atoms with Gasteiger partial charge < -0.3 is 28.6 Å². The van der Waals surface area contributed by atoms with Crippen LogP contribution >= 0.6 is 0 Å². The molecule has 0 amide bonds. The largest absolute Gasteiger partial charge is 0.544 e. The van der Waals surface area contributed by atoms with Crippen molar-refractivity contribution >= 4 is 17.9 Å². The SMILES string of the molecule is CC/C=C/C/C=C/C/C=C/C/C=C/C/C=C/CCCC(=O)OCC(COCCC(C(=O)[O-])[N+](C)(C)C)OC(=O)CCCCCCCCCCCCCCCCCCC. The normalized spacial score (nSPS) is 13.5. The zero-order valence-corrected chi connectivity index (χ0v) is 37.9. The molecule has 0 saturated carbocycles. The van der Waals surface area contributed by atoms with E-state index in [4.69, 9.17) is 14.2 Å². The number of hydrogen-bond donors (Lipinski definition) is 0. The van der Waals surface area contributed by atoms with Gasteiger partial charge in [-0.3, -0.25) is 9.59 Å². The minimum absolute atomic E-state index is 0.0228. The van der Waals surface area contributed by atoms with Gasteiger partial charge in [-0.25, -0.2) is 0 Å². The highest BCUT2D eigenvalue weighted by molar-refractivity contribution is 5.70. The monoisotopic (exact) mass is 814 g/mol. The van der Waals surface area contributed by atoms with Crippen LogP contribution in [0.4, 0.5) is 0 Å². The standard InChI is InChI=1S/C50H87NO7/c1-6-8-10-12-14-16-18-20-22-24-26-28-30-32-34-36-38-40-48(52)57-45-46(44-56-43-42-47(50(54)55)51(3,4)5)58-49(53)41-39-37-35-33-31-29-27-25-23-21-19-17-15-13-11-9-7-2/h8,10,14,16,20,22,26,28,32,34,46-47H,6-7,9,11-13,15,17-19,21,23-25,27,29-31,33,35-45H2,1-5H3/b10-8+,16-14+,22-20+,28-26+,34-32+. The number of carbonyl (C=O) groups excluding carboxylic acids is 3. The van der Waals surface area contributed by atoms with Gasteiger partial charge in [0, 0.05) is 19.3 Å². The molecule has 0 aromatic rings. The summed E-state index contributed by atoms with van der Waals surface area (Å²) < 4.78 is 17.1. The summed E-state index contributed by atoms with van der Waals surface area (Å²) in [6, 6.07) is -0.735. The summed E-state index contributed by atoms with van der Waals surface area (Å²) in [5.41, 5.74) is 0. The fourth-order valence-electron chi connectivity index (χ4n) is 6.58. The fraction of sp³-hybridized carbons (Fsp3) is 0.740. The molecule has 0 aliphatic carbocycles. The Labute approximate surface area is 356 Å². The molecule has 0 radical (unpaired) electrons. The van der Waals surface area contributed by atoms with E-state index >= 15 is 0 Å². The second-order valence-corrected chi connectivity index (χ2v) is 16.6. The molecule has 8 heteroatoms. The maximum atomic E-state index is 12.7. The van der Waals surface area contributed by atoms with Gasteiger partial charge in [-0.05, 0) is 51.4 Å². The number of aliphatic carboxylic acids is 1. The summed E-state index contributed by atoms with van der Waals surface area (Å²) in [5, 5.41) is 11.6. The number of likely N-dealkylation sites (N-methyl/N-ethyl adjacent to an activating group) is 1. The zero-order valence-electron chi connectivity index (χ0n) is 37.9. The van der Waals surface area contributed by atoms with Gasteiger partial charge >= 0.3 is 11.9 Å². The zero-order chi connectivity index (χ0) is 42.8. The van der Waals surface area contributed by atoms with Crippen molar-refractivity contribution < 1.29 is 38.2 Å². The van der Waals surface area contributed by atoms with Gasteiger partial charge in [0.25, 0.3) is 0 Å². The fourth-order valence-corrected chi connectivity index (χ4v) is 6.58. The summed E-state index contributed by atoms with van der Waals surface area (Å²) in [6.45, 7) is 4.50. The molecule has 0 saturated heterocycles. The van der Waals surface area contributed by atoms with E-state index < -0.39 is 18.1 Å². The van der Waals surface area contributed by atoms with Gasteiger partial charge in [-0.15, -0.1) is 0 Å². The van der Waals surface area contributed by atoms with Gasteiger partial charge in [-0.2, -0.15) is 0 Å². The van der Waals surface area contributed by atoms with Crippen molar-refractivity contribution in [1.29, 1.82) is 0 Å². The van der Waals surface area contributed by atoms with Crippen molar-refractivity contribution in [1.82, 2.24) is 0 Å². The van der Waals surface area contributed by atoms with Crippen molar-refractivity contribution in [2.45, 2.75) is 199 Å². The maximum Gasteiger partial charge on any atom is 0.306 e. The lowest BCUT2D eigenvalue weighted by Crippen LogP contribution is -2.55. The molecule has 8 nitrogen and oxygen atoms in total. The van der Waals surface area contributed by atoms with Gasteiger partial charge in [0.05, 0.1) is 40.3 Å². The highest BCUT2D eigenvalue weighted by Crippen LogP contribution is 2.15. The number of esters is 2. The van der Waals surface area contributed by atoms with Crippen LogP contribution in [0.3, 0.4) is 0 Å². The number of carboxylic acids is 1. The van der Waals surface area contributed by atoms with Crippen LogP contribution in [-0.4, -0.2) is 75.5 Å². The van der Waals surface area contributed by atoms with Crippen molar-refractivity contribution in [3.63, 3.8) is 0 Å². The van der Waals surface area contributed by atoms with Crippen molar-refractivity contribution in [3.05, 3.63) is 60.8 Å². The first-order valence-corrected chi connectivity index (χ1v) is 23.3. The van der Waals surface area contributed by atoms with Gasteiger partial charge in [0.1, 0.15) is 12.6 Å². The van der Waals surface area contributed by atoms with E-state index in [0.717, 1.165) is 57.8 Å². The highest BCUT2D eigenvalue weighted by Gasteiger charge is 2.25. The lowest BCUT2D eigenvalue weighted by Gasteiger charge is -2.34. The number of allylic oxidation sites excluding steroid dienone is 10. The Morgan fingerprint density at radius 2 is 0.966 bits per heavy atom. The summed E-state index contributed by atoms with van der Waals surface area (Å²) in [6.07, 6.45) is 49.7.